The molecule has 0 unspecified atom stereocenters. The second-order valence-corrected chi connectivity index (χ2v) is 6.28. The van der Waals surface area contributed by atoms with Crippen LogP contribution in [0.25, 0.3) is 4.96 Å². The van der Waals surface area contributed by atoms with Crippen LogP contribution in [0, 0.1) is 5.82 Å². The number of nitrogens with one attached hydrogen (secondary N) is 1. The number of fused-ring (bicyclic) bond motifs is 1. The zero-order valence-corrected chi connectivity index (χ0v) is 14.4. The van der Waals surface area contributed by atoms with E-state index in [2.05, 4.69) is 10.3 Å². The van der Waals surface area contributed by atoms with Crippen molar-refractivity contribution < 1.29 is 27.1 Å². The summed E-state index contributed by atoms with van der Waals surface area (Å²) in [6.45, 7) is -0.216. The molecule has 0 saturated heterocycles. The van der Waals surface area contributed by atoms with E-state index in [-0.39, 0.29) is 28.6 Å². The highest BCUT2D eigenvalue weighted by Gasteiger charge is 2.40. The molecule has 0 aliphatic heterocycles. The van der Waals surface area contributed by atoms with Crippen molar-refractivity contribution in [3.05, 3.63) is 62.8 Å². The number of alkyl halides is 3. The molecule has 0 bridgehead atoms. The van der Waals surface area contributed by atoms with Gasteiger partial charge in [-0.05, 0) is 24.3 Å². The Labute approximate surface area is 153 Å². The molecule has 0 aliphatic rings. The first kappa shape index (κ1) is 18.8. The first-order valence-electron chi connectivity index (χ1n) is 7.44. The van der Waals surface area contributed by atoms with Crippen molar-refractivity contribution in [2.45, 2.75) is 12.8 Å². The van der Waals surface area contributed by atoms with Crippen LogP contribution < -0.4 is 15.6 Å². The molecule has 0 spiro atoms. The third-order valence-corrected chi connectivity index (χ3v) is 4.56. The van der Waals surface area contributed by atoms with E-state index < -0.39 is 34.0 Å². The fourth-order valence-electron chi connectivity index (χ4n) is 2.30. The molecule has 1 amide bonds. The molecule has 0 atom stereocenters. The van der Waals surface area contributed by atoms with E-state index in [1.165, 1.54) is 24.3 Å². The maximum Gasteiger partial charge on any atom is 0.427 e. The van der Waals surface area contributed by atoms with E-state index in [4.69, 9.17) is 4.74 Å². The maximum atomic E-state index is 13.2. The number of carbonyl (C=O) groups excluding carboxylic acids is 1. The highest BCUT2D eigenvalue weighted by molar-refractivity contribution is 7.17. The zero-order chi connectivity index (χ0) is 19.8. The van der Waals surface area contributed by atoms with E-state index in [0.29, 0.717) is 10.2 Å². The van der Waals surface area contributed by atoms with Gasteiger partial charge in [0, 0.05) is 13.1 Å². The van der Waals surface area contributed by atoms with Gasteiger partial charge in [0.2, 0.25) is 0 Å². The van der Waals surface area contributed by atoms with E-state index >= 15 is 0 Å². The number of amides is 1. The van der Waals surface area contributed by atoms with Gasteiger partial charge in [-0.2, -0.15) is 13.2 Å². The van der Waals surface area contributed by atoms with Crippen molar-refractivity contribution in [3.8, 4) is 5.75 Å². The molecule has 0 aliphatic carbocycles. The van der Waals surface area contributed by atoms with Crippen LogP contribution in [0.3, 0.4) is 0 Å². The largest absolute Gasteiger partial charge is 0.487 e. The molecule has 2 heterocycles. The minimum atomic E-state index is -4.82. The highest BCUT2D eigenvalue weighted by atomic mass is 32.1. The molecule has 2 aromatic heterocycles. The smallest absolute Gasteiger partial charge is 0.427 e. The fourth-order valence-corrected chi connectivity index (χ4v) is 3.31. The minimum absolute atomic E-state index is 0.0720. The molecular weight excluding hydrogens is 390 g/mol. The molecule has 1 N–H and O–H groups in total. The SMILES string of the molecule is CNC(=O)c1c(C(F)(F)F)sc2nc(COc3ccc(F)cc3)cc(=O)n12. The Morgan fingerprint density at radius 1 is 1.30 bits per heavy atom. The van der Waals surface area contributed by atoms with Gasteiger partial charge < -0.3 is 10.1 Å². The summed E-state index contributed by atoms with van der Waals surface area (Å²) in [5.74, 6) is -1.21. The number of nitrogens with zero attached hydrogens (tertiary/aromatic N) is 2. The van der Waals surface area contributed by atoms with Crippen LogP contribution in [0.4, 0.5) is 17.6 Å². The number of ether oxygens (including phenoxy) is 1. The summed E-state index contributed by atoms with van der Waals surface area (Å²) in [5, 5.41) is 2.09. The van der Waals surface area contributed by atoms with Crippen LogP contribution in [-0.2, 0) is 12.8 Å². The second kappa shape index (κ2) is 6.99. The van der Waals surface area contributed by atoms with Gasteiger partial charge in [-0.15, -0.1) is 0 Å². The van der Waals surface area contributed by atoms with E-state index in [9.17, 15) is 27.2 Å². The summed E-state index contributed by atoms with van der Waals surface area (Å²) in [5.41, 5.74) is -1.58. The Morgan fingerprint density at radius 3 is 2.56 bits per heavy atom. The lowest BCUT2D eigenvalue weighted by molar-refractivity contribution is -0.134. The summed E-state index contributed by atoms with van der Waals surface area (Å²) in [6.07, 6.45) is -4.82. The lowest BCUT2D eigenvalue weighted by Gasteiger charge is -2.07. The maximum absolute atomic E-state index is 13.2. The Morgan fingerprint density at radius 2 is 1.96 bits per heavy atom. The number of halogens is 4. The topological polar surface area (TPSA) is 72.7 Å². The molecule has 11 heteroatoms. The van der Waals surface area contributed by atoms with Crippen molar-refractivity contribution in [3.63, 3.8) is 0 Å². The van der Waals surface area contributed by atoms with E-state index in [1.54, 1.807) is 0 Å². The van der Waals surface area contributed by atoms with Crippen molar-refractivity contribution >= 4 is 22.2 Å². The van der Waals surface area contributed by atoms with Gasteiger partial charge in [0.25, 0.3) is 11.5 Å². The van der Waals surface area contributed by atoms with Gasteiger partial charge in [-0.3, -0.25) is 9.59 Å². The quantitative estimate of drug-likeness (QED) is 0.683. The minimum Gasteiger partial charge on any atom is -0.487 e. The van der Waals surface area contributed by atoms with E-state index in [0.717, 1.165) is 13.1 Å². The third-order valence-electron chi connectivity index (χ3n) is 3.47. The molecule has 0 fully saturated rings. The summed E-state index contributed by atoms with van der Waals surface area (Å²) in [7, 11) is 1.16. The summed E-state index contributed by atoms with van der Waals surface area (Å²) in [6, 6.07) is 6.04. The van der Waals surface area contributed by atoms with E-state index in [1.807, 2.05) is 0 Å². The predicted octanol–water partition coefficient (Wildman–Crippen LogP) is 2.85. The standard InChI is InChI=1S/C16H11F4N3O3S/c1-21-14(25)12-13(16(18,19)20)27-15-22-9(6-11(24)23(12)15)7-26-10-4-2-8(17)3-5-10/h2-6H,7H2,1H3,(H,21,25). The summed E-state index contributed by atoms with van der Waals surface area (Å²) in [4.78, 5) is 26.7. The number of aromatic nitrogens is 2. The van der Waals surface area contributed by atoms with Crippen molar-refractivity contribution in [1.29, 1.82) is 0 Å². The lowest BCUT2D eigenvalue weighted by atomic mass is 10.3. The number of hydrogen-bond donors (Lipinski definition) is 1. The summed E-state index contributed by atoms with van der Waals surface area (Å²) < 4.78 is 58.6. The number of hydrogen-bond acceptors (Lipinski definition) is 5. The van der Waals surface area contributed by atoms with Gasteiger partial charge in [-0.1, -0.05) is 11.3 Å². The van der Waals surface area contributed by atoms with Crippen LogP contribution in [-0.4, -0.2) is 22.3 Å². The Bertz CT molecular complexity index is 1060. The van der Waals surface area contributed by atoms with Crippen LogP contribution in [0.15, 0.2) is 35.1 Å². The molecule has 0 radical (unpaired) electrons. The number of rotatable bonds is 4. The van der Waals surface area contributed by atoms with Crippen LogP contribution in [0.1, 0.15) is 21.1 Å². The molecule has 3 aromatic rings. The average molecular weight is 401 g/mol. The van der Waals surface area contributed by atoms with Crippen LogP contribution >= 0.6 is 11.3 Å². The predicted molar refractivity (Wildman–Crippen MR) is 88.5 cm³/mol. The Hall–Kier alpha value is -2.95. The summed E-state index contributed by atoms with van der Waals surface area (Å²) >= 11 is 0.187. The number of thiazole rings is 1. The molecule has 1 aromatic carbocycles. The first-order chi connectivity index (χ1) is 12.7. The van der Waals surface area contributed by atoms with Crippen molar-refractivity contribution in [1.82, 2.24) is 14.7 Å². The van der Waals surface area contributed by atoms with Crippen LogP contribution in [0.5, 0.6) is 5.75 Å². The molecule has 3 rings (SSSR count). The lowest BCUT2D eigenvalue weighted by Crippen LogP contribution is -2.27. The fraction of sp³-hybridized carbons (Fsp3) is 0.188. The normalized spacial score (nSPS) is 11.6. The first-order valence-corrected chi connectivity index (χ1v) is 8.25. The number of carbonyl (C=O) groups is 1. The zero-order valence-electron chi connectivity index (χ0n) is 13.6. The molecule has 6 nitrogen and oxygen atoms in total. The van der Waals surface area contributed by atoms with Gasteiger partial charge in [0.05, 0.1) is 5.69 Å². The second-order valence-electron chi connectivity index (χ2n) is 5.30. The van der Waals surface area contributed by atoms with Crippen molar-refractivity contribution in [2.24, 2.45) is 0 Å². The molecule has 0 saturated carbocycles. The van der Waals surface area contributed by atoms with Gasteiger partial charge in [0.1, 0.15) is 28.7 Å². The van der Waals surface area contributed by atoms with Gasteiger partial charge in [-0.25, -0.2) is 13.8 Å². The average Bonchev–Trinajstić information content (AvgIpc) is 3.01. The third kappa shape index (κ3) is 3.77. The highest BCUT2D eigenvalue weighted by Crippen LogP contribution is 2.37. The Kier molecular flexibility index (Phi) is 4.87. The molecule has 142 valence electrons. The van der Waals surface area contributed by atoms with Gasteiger partial charge >= 0.3 is 6.18 Å². The monoisotopic (exact) mass is 401 g/mol. The van der Waals surface area contributed by atoms with Gasteiger partial charge in [0.15, 0.2) is 4.96 Å². The molecule has 27 heavy (non-hydrogen) atoms. The van der Waals surface area contributed by atoms with Crippen molar-refractivity contribution in [2.75, 3.05) is 7.05 Å². The van der Waals surface area contributed by atoms with Crippen LogP contribution in [0.2, 0.25) is 0 Å². The number of benzene rings is 1. The Balaban J connectivity index is 2.02. The molecular formula is C16H11F4N3O3S.